The minimum absolute atomic E-state index is 0.248. The van der Waals surface area contributed by atoms with Crippen LogP contribution in [0.5, 0.6) is 0 Å². The summed E-state index contributed by atoms with van der Waals surface area (Å²) in [6.45, 7) is 6.54. The van der Waals surface area contributed by atoms with Gasteiger partial charge in [0.2, 0.25) is 0 Å². The van der Waals surface area contributed by atoms with Gasteiger partial charge in [-0.15, -0.1) is 0 Å². The van der Waals surface area contributed by atoms with E-state index in [1.165, 1.54) is 6.08 Å². The van der Waals surface area contributed by atoms with Gasteiger partial charge in [-0.25, -0.2) is 0 Å². The number of hydrogen-bond acceptors (Lipinski definition) is 5. The molecular formula is C18H20N4O2. The molecular weight excluding hydrogens is 304 g/mol. The van der Waals surface area contributed by atoms with Crippen molar-refractivity contribution in [2.24, 2.45) is 4.99 Å². The Hall–Kier alpha value is -2.91. The van der Waals surface area contributed by atoms with E-state index in [1.807, 2.05) is 32.9 Å². The van der Waals surface area contributed by atoms with Crippen molar-refractivity contribution >= 4 is 11.7 Å². The third-order valence-electron chi connectivity index (χ3n) is 3.52. The molecule has 124 valence electrons. The van der Waals surface area contributed by atoms with Crippen LogP contribution in [0, 0.1) is 11.3 Å². The predicted octanol–water partition coefficient (Wildman–Crippen LogP) is 2.52. The Morgan fingerprint density at radius 2 is 2.17 bits per heavy atom. The predicted molar refractivity (Wildman–Crippen MR) is 91.1 cm³/mol. The smallest absolute Gasteiger partial charge is 0.278 e. The molecule has 1 aliphatic heterocycles. The molecule has 2 N–H and O–H groups in total. The van der Waals surface area contributed by atoms with Crippen LogP contribution in [0.4, 0.5) is 0 Å². The second kappa shape index (κ2) is 7.57. The Kier molecular flexibility index (Phi) is 5.51. The molecule has 0 saturated heterocycles. The lowest BCUT2D eigenvalue weighted by molar-refractivity contribution is -0.143. The van der Waals surface area contributed by atoms with Crippen molar-refractivity contribution in [1.29, 1.82) is 5.26 Å². The van der Waals surface area contributed by atoms with Crippen molar-refractivity contribution in [3.63, 3.8) is 0 Å². The molecule has 2 rings (SSSR count). The molecule has 24 heavy (non-hydrogen) atoms. The molecule has 0 aliphatic carbocycles. The fourth-order valence-corrected chi connectivity index (χ4v) is 2.46. The number of amidine groups is 1. The van der Waals surface area contributed by atoms with Crippen LogP contribution in [0.25, 0.3) is 0 Å². The van der Waals surface area contributed by atoms with Crippen LogP contribution < -0.4 is 5.32 Å². The van der Waals surface area contributed by atoms with Gasteiger partial charge in [0.05, 0.1) is 17.3 Å². The largest absolute Gasteiger partial charge is 0.380 e. The maximum absolute atomic E-state index is 12.0. The minimum Gasteiger partial charge on any atom is -0.380 e. The van der Waals surface area contributed by atoms with E-state index >= 15 is 0 Å². The lowest BCUT2D eigenvalue weighted by atomic mass is 10.0. The third-order valence-corrected chi connectivity index (χ3v) is 3.52. The average molecular weight is 324 g/mol. The van der Waals surface area contributed by atoms with E-state index in [0.717, 1.165) is 11.1 Å². The number of benzene rings is 1. The van der Waals surface area contributed by atoms with Crippen molar-refractivity contribution in [2.75, 3.05) is 6.54 Å². The second-order valence-corrected chi connectivity index (χ2v) is 5.55. The maximum atomic E-state index is 12.0. The lowest BCUT2D eigenvalue weighted by Crippen LogP contribution is -2.41. The Labute approximate surface area is 141 Å². The first-order chi connectivity index (χ1) is 11.5. The molecule has 0 bridgehead atoms. The summed E-state index contributed by atoms with van der Waals surface area (Å²) >= 11 is 0. The number of hydroxylamine groups is 2. The third kappa shape index (κ3) is 3.70. The van der Waals surface area contributed by atoms with Gasteiger partial charge in [0.1, 0.15) is 0 Å². The molecule has 0 fully saturated rings. The molecule has 1 aliphatic rings. The van der Waals surface area contributed by atoms with Crippen LogP contribution in [-0.4, -0.2) is 28.6 Å². The first-order valence-electron chi connectivity index (χ1n) is 7.68. The molecule has 6 heteroatoms. The summed E-state index contributed by atoms with van der Waals surface area (Å²) in [5.41, 5.74) is 3.75. The zero-order valence-corrected chi connectivity index (χ0v) is 14.0. The standard InChI is InChI=1S/C18H20N4O2/c1-4-20-18-17(12(2)3)15(9-16(23)22(18)24)21-11-14-7-5-6-13(8-14)10-19/h5-9,21,24H,4,11H2,1-3H3. The van der Waals surface area contributed by atoms with Crippen LogP contribution in [0.1, 0.15) is 31.9 Å². The van der Waals surface area contributed by atoms with E-state index in [1.54, 1.807) is 12.1 Å². The highest BCUT2D eigenvalue weighted by molar-refractivity contribution is 6.15. The van der Waals surface area contributed by atoms with Crippen molar-refractivity contribution < 1.29 is 10.0 Å². The van der Waals surface area contributed by atoms with Crippen LogP contribution in [-0.2, 0) is 11.3 Å². The number of amides is 1. The van der Waals surface area contributed by atoms with Gasteiger partial charge < -0.3 is 5.32 Å². The van der Waals surface area contributed by atoms with Gasteiger partial charge in [-0.2, -0.15) is 10.3 Å². The van der Waals surface area contributed by atoms with Gasteiger partial charge in [-0.3, -0.25) is 15.0 Å². The summed E-state index contributed by atoms with van der Waals surface area (Å²) in [5.74, 6) is -0.293. The van der Waals surface area contributed by atoms with Gasteiger partial charge in [0, 0.05) is 24.7 Å². The van der Waals surface area contributed by atoms with Crippen molar-refractivity contribution in [2.45, 2.75) is 27.3 Å². The van der Waals surface area contributed by atoms with Crippen molar-refractivity contribution in [3.8, 4) is 6.07 Å². The highest BCUT2D eigenvalue weighted by Gasteiger charge is 2.29. The fraction of sp³-hybridized carbons (Fsp3) is 0.278. The SMILES string of the molecule is CCN=C1C(=C(C)C)C(NCc2cccc(C#N)c2)=CC(=O)N1O. The molecule has 1 aromatic rings. The Balaban J connectivity index is 2.32. The Morgan fingerprint density at radius 1 is 1.42 bits per heavy atom. The highest BCUT2D eigenvalue weighted by atomic mass is 16.5. The first-order valence-corrected chi connectivity index (χ1v) is 7.68. The normalized spacial score (nSPS) is 16.0. The van der Waals surface area contributed by atoms with Crippen LogP contribution in [0.2, 0.25) is 0 Å². The summed E-state index contributed by atoms with van der Waals surface area (Å²) in [5, 5.41) is 22.7. The zero-order valence-electron chi connectivity index (χ0n) is 14.0. The summed E-state index contributed by atoms with van der Waals surface area (Å²) in [4.78, 5) is 16.2. The van der Waals surface area contributed by atoms with E-state index in [4.69, 9.17) is 5.26 Å². The summed E-state index contributed by atoms with van der Waals surface area (Å²) in [6.07, 6.45) is 1.35. The second-order valence-electron chi connectivity index (χ2n) is 5.55. The molecule has 0 saturated carbocycles. The van der Waals surface area contributed by atoms with Crippen molar-refractivity contribution in [1.82, 2.24) is 10.4 Å². The molecule has 0 unspecified atom stereocenters. The van der Waals surface area contributed by atoms with Crippen LogP contribution in [0.15, 0.2) is 52.2 Å². The topological polar surface area (TPSA) is 88.7 Å². The zero-order chi connectivity index (χ0) is 17.7. The number of rotatable bonds is 4. The van der Waals surface area contributed by atoms with E-state index in [0.29, 0.717) is 35.0 Å². The van der Waals surface area contributed by atoms with Crippen LogP contribution >= 0.6 is 0 Å². The number of nitriles is 1. The monoisotopic (exact) mass is 324 g/mol. The fourth-order valence-electron chi connectivity index (χ4n) is 2.46. The summed E-state index contributed by atoms with van der Waals surface area (Å²) in [7, 11) is 0. The highest BCUT2D eigenvalue weighted by Crippen LogP contribution is 2.22. The lowest BCUT2D eigenvalue weighted by Gasteiger charge is -2.27. The Morgan fingerprint density at radius 3 is 2.79 bits per heavy atom. The van der Waals surface area contributed by atoms with E-state index in [-0.39, 0.29) is 5.84 Å². The maximum Gasteiger partial charge on any atom is 0.278 e. The van der Waals surface area contributed by atoms with Crippen molar-refractivity contribution in [3.05, 3.63) is 58.3 Å². The molecule has 0 spiro atoms. The van der Waals surface area contributed by atoms with Gasteiger partial charge in [0.25, 0.3) is 5.91 Å². The number of hydrogen-bond donors (Lipinski definition) is 2. The quantitative estimate of drug-likeness (QED) is 0.833. The number of nitrogens with zero attached hydrogens (tertiary/aromatic N) is 3. The average Bonchev–Trinajstić information content (AvgIpc) is 2.57. The Bertz CT molecular complexity index is 780. The number of carbonyl (C=O) groups excluding carboxylic acids is 1. The van der Waals surface area contributed by atoms with Crippen LogP contribution in [0.3, 0.4) is 0 Å². The molecule has 0 radical (unpaired) electrons. The molecule has 0 atom stereocenters. The molecule has 1 heterocycles. The van der Waals surface area contributed by atoms with Gasteiger partial charge in [-0.05, 0) is 38.5 Å². The molecule has 1 aromatic carbocycles. The summed E-state index contributed by atoms with van der Waals surface area (Å²) < 4.78 is 0. The van der Waals surface area contributed by atoms with E-state index < -0.39 is 5.91 Å². The van der Waals surface area contributed by atoms with Gasteiger partial charge >= 0.3 is 0 Å². The number of carbonyl (C=O) groups is 1. The molecule has 1 amide bonds. The number of aliphatic imine (C=N–C) groups is 1. The van der Waals surface area contributed by atoms with Gasteiger partial charge in [-0.1, -0.05) is 17.7 Å². The minimum atomic E-state index is -0.541. The number of allylic oxidation sites excluding steroid dienone is 1. The van der Waals surface area contributed by atoms with E-state index in [9.17, 15) is 10.0 Å². The first kappa shape index (κ1) is 17.4. The molecule has 0 aromatic heterocycles. The number of nitrogens with one attached hydrogen (secondary N) is 1. The summed E-state index contributed by atoms with van der Waals surface area (Å²) in [6, 6.07) is 9.36. The molecule has 6 nitrogen and oxygen atoms in total. The van der Waals surface area contributed by atoms with E-state index in [2.05, 4.69) is 16.4 Å². The van der Waals surface area contributed by atoms with Gasteiger partial charge in [0.15, 0.2) is 5.84 Å².